The number of aliphatic hydroxyl groups is 1. The topological polar surface area (TPSA) is 26.7 Å². The molecule has 1 atom stereocenters. The summed E-state index contributed by atoms with van der Waals surface area (Å²) in [5.74, 6) is 0. The van der Waals surface area contributed by atoms with Gasteiger partial charge in [-0.05, 0) is 24.7 Å². The maximum absolute atomic E-state index is 10.0. The Balaban J connectivity index is 1.64. The lowest BCUT2D eigenvalue weighted by atomic mass is 9.87. The third-order valence-electron chi connectivity index (χ3n) is 4.19. The minimum Gasteiger partial charge on any atom is -0.393 e. The molecule has 0 amide bonds. The van der Waals surface area contributed by atoms with Gasteiger partial charge in [-0.3, -0.25) is 4.90 Å². The molecular formula is C14H28N2O. The van der Waals surface area contributed by atoms with E-state index in [9.17, 15) is 5.11 Å². The molecule has 0 aromatic carbocycles. The van der Waals surface area contributed by atoms with E-state index in [1.807, 2.05) is 0 Å². The van der Waals surface area contributed by atoms with Crippen molar-refractivity contribution in [1.82, 2.24) is 9.80 Å². The molecule has 1 N–H and O–H groups in total. The molecule has 3 heteroatoms. The Morgan fingerprint density at radius 3 is 2.18 bits per heavy atom. The van der Waals surface area contributed by atoms with Crippen LogP contribution < -0.4 is 0 Å². The van der Waals surface area contributed by atoms with Gasteiger partial charge in [-0.15, -0.1) is 0 Å². The molecule has 0 spiro atoms. The lowest BCUT2D eigenvalue weighted by Gasteiger charge is -2.36. The molecule has 1 saturated carbocycles. The third-order valence-corrected chi connectivity index (χ3v) is 4.19. The fourth-order valence-corrected chi connectivity index (χ4v) is 2.53. The molecule has 1 unspecified atom stereocenters. The van der Waals surface area contributed by atoms with Crippen molar-refractivity contribution in [2.24, 2.45) is 5.41 Å². The standard InChI is InChI=1S/C14H28N2O/c1-14(2,3)13(17)6-7-15-8-10-16(11-9-15)12-4-5-12/h12-13,17H,4-11H2,1-3H3. The van der Waals surface area contributed by atoms with Gasteiger partial charge in [0.05, 0.1) is 6.10 Å². The Morgan fingerprint density at radius 2 is 1.71 bits per heavy atom. The SMILES string of the molecule is CC(C)(C)C(O)CCN1CCN(C2CC2)CC1. The first-order chi connectivity index (χ1) is 7.97. The predicted octanol–water partition coefficient (Wildman–Crippen LogP) is 1.56. The molecule has 1 aliphatic carbocycles. The van der Waals surface area contributed by atoms with Crippen LogP contribution in [0.2, 0.25) is 0 Å². The average Bonchev–Trinajstić information content (AvgIpc) is 3.09. The summed E-state index contributed by atoms with van der Waals surface area (Å²) < 4.78 is 0. The Labute approximate surface area is 106 Å². The Bertz CT molecular complexity index is 237. The first-order valence-electron chi connectivity index (χ1n) is 7.11. The van der Waals surface area contributed by atoms with Crippen molar-refractivity contribution in [2.45, 2.75) is 52.2 Å². The third kappa shape index (κ3) is 3.94. The van der Waals surface area contributed by atoms with Crippen molar-refractivity contribution < 1.29 is 5.11 Å². The van der Waals surface area contributed by atoms with Gasteiger partial charge >= 0.3 is 0 Å². The molecule has 1 heterocycles. The van der Waals surface area contributed by atoms with Gasteiger partial charge in [-0.2, -0.15) is 0 Å². The van der Waals surface area contributed by atoms with Gasteiger partial charge in [0, 0.05) is 38.8 Å². The van der Waals surface area contributed by atoms with E-state index in [-0.39, 0.29) is 11.5 Å². The summed E-state index contributed by atoms with van der Waals surface area (Å²) in [6, 6.07) is 0.914. The van der Waals surface area contributed by atoms with E-state index in [4.69, 9.17) is 0 Å². The second-order valence-electron chi connectivity index (χ2n) is 6.78. The minimum atomic E-state index is -0.177. The number of piperazine rings is 1. The van der Waals surface area contributed by atoms with Crippen molar-refractivity contribution >= 4 is 0 Å². The second-order valence-corrected chi connectivity index (χ2v) is 6.78. The fraction of sp³-hybridized carbons (Fsp3) is 1.00. The Kier molecular flexibility index (Phi) is 4.11. The molecule has 2 fully saturated rings. The monoisotopic (exact) mass is 240 g/mol. The maximum Gasteiger partial charge on any atom is 0.0600 e. The van der Waals surface area contributed by atoms with E-state index >= 15 is 0 Å². The van der Waals surface area contributed by atoms with Gasteiger partial charge in [0.2, 0.25) is 0 Å². The van der Waals surface area contributed by atoms with Gasteiger partial charge in [-0.25, -0.2) is 0 Å². The summed E-state index contributed by atoms with van der Waals surface area (Å²) in [5, 5.41) is 10.0. The molecule has 100 valence electrons. The number of rotatable bonds is 4. The molecular weight excluding hydrogens is 212 g/mol. The van der Waals surface area contributed by atoms with Crippen LogP contribution in [0.25, 0.3) is 0 Å². The Hall–Kier alpha value is -0.120. The van der Waals surface area contributed by atoms with Gasteiger partial charge in [0.25, 0.3) is 0 Å². The zero-order chi connectivity index (χ0) is 12.5. The first kappa shape index (κ1) is 13.3. The summed E-state index contributed by atoms with van der Waals surface area (Å²) >= 11 is 0. The van der Waals surface area contributed by atoms with E-state index in [0.717, 1.165) is 19.0 Å². The van der Waals surface area contributed by atoms with Gasteiger partial charge in [0.15, 0.2) is 0 Å². The van der Waals surface area contributed by atoms with Gasteiger partial charge in [-0.1, -0.05) is 20.8 Å². The smallest absolute Gasteiger partial charge is 0.0600 e. The fourth-order valence-electron chi connectivity index (χ4n) is 2.53. The van der Waals surface area contributed by atoms with Crippen molar-refractivity contribution in [2.75, 3.05) is 32.7 Å². The van der Waals surface area contributed by atoms with Crippen LogP contribution >= 0.6 is 0 Å². The number of nitrogens with zero attached hydrogens (tertiary/aromatic N) is 2. The van der Waals surface area contributed by atoms with Gasteiger partial charge < -0.3 is 10.0 Å². The summed E-state index contributed by atoms with van der Waals surface area (Å²) in [6.45, 7) is 12.2. The lowest BCUT2D eigenvalue weighted by Crippen LogP contribution is -2.48. The highest BCUT2D eigenvalue weighted by Gasteiger charge is 2.31. The summed E-state index contributed by atoms with van der Waals surface area (Å²) in [5.41, 5.74) is 0.0236. The van der Waals surface area contributed by atoms with E-state index < -0.39 is 0 Å². The summed E-state index contributed by atoms with van der Waals surface area (Å²) in [4.78, 5) is 5.14. The van der Waals surface area contributed by atoms with Crippen LogP contribution in [0.3, 0.4) is 0 Å². The molecule has 1 aliphatic heterocycles. The zero-order valence-corrected chi connectivity index (χ0v) is 11.7. The highest BCUT2D eigenvalue weighted by atomic mass is 16.3. The maximum atomic E-state index is 10.0. The van der Waals surface area contributed by atoms with Crippen molar-refractivity contribution in [3.05, 3.63) is 0 Å². The van der Waals surface area contributed by atoms with E-state index in [1.54, 1.807) is 0 Å². The number of hydrogen-bond donors (Lipinski definition) is 1. The molecule has 0 aromatic heterocycles. The van der Waals surface area contributed by atoms with Crippen LogP contribution in [0.5, 0.6) is 0 Å². The predicted molar refractivity (Wildman–Crippen MR) is 71.1 cm³/mol. The van der Waals surface area contributed by atoms with E-state index in [0.29, 0.717) is 0 Å². The van der Waals surface area contributed by atoms with Gasteiger partial charge in [0.1, 0.15) is 0 Å². The summed E-state index contributed by atoms with van der Waals surface area (Å²) in [6.07, 6.45) is 3.57. The molecule has 0 bridgehead atoms. The minimum absolute atomic E-state index is 0.0236. The average molecular weight is 240 g/mol. The zero-order valence-electron chi connectivity index (χ0n) is 11.7. The molecule has 1 saturated heterocycles. The van der Waals surface area contributed by atoms with Crippen LogP contribution in [0.1, 0.15) is 40.0 Å². The molecule has 2 rings (SSSR count). The largest absolute Gasteiger partial charge is 0.393 e. The molecule has 3 nitrogen and oxygen atoms in total. The number of hydrogen-bond acceptors (Lipinski definition) is 3. The Morgan fingerprint density at radius 1 is 1.12 bits per heavy atom. The van der Waals surface area contributed by atoms with Crippen molar-refractivity contribution in [1.29, 1.82) is 0 Å². The molecule has 0 radical (unpaired) electrons. The van der Waals surface area contributed by atoms with Crippen LogP contribution in [-0.4, -0.2) is 59.8 Å². The van der Waals surface area contributed by atoms with Crippen LogP contribution in [0, 0.1) is 5.41 Å². The van der Waals surface area contributed by atoms with E-state index in [2.05, 4.69) is 30.6 Å². The lowest BCUT2D eigenvalue weighted by molar-refractivity contribution is 0.0379. The number of aliphatic hydroxyl groups excluding tert-OH is 1. The normalized spacial score (nSPS) is 26.1. The van der Waals surface area contributed by atoms with E-state index in [1.165, 1.54) is 39.0 Å². The molecule has 0 aromatic rings. The van der Waals surface area contributed by atoms with Crippen molar-refractivity contribution in [3.63, 3.8) is 0 Å². The quantitative estimate of drug-likeness (QED) is 0.808. The van der Waals surface area contributed by atoms with Crippen LogP contribution in [0.15, 0.2) is 0 Å². The highest BCUT2D eigenvalue weighted by molar-refractivity contribution is 4.87. The molecule has 2 aliphatic rings. The summed E-state index contributed by atoms with van der Waals surface area (Å²) in [7, 11) is 0. The van der Waals surface area contributed by atoms with Crippen LogP contribution in [-0.2, 0) is 0 Å². The van der Waals surface area contributed by atoms with Crippen LogP contribution in [0.4, 0.5) is 0 Å². The van der Waals surface area contributed by atoms with Crippen molar-refractivity contribution in [3.8, 4) is 0 Å². The molecule has 17 heavy (non-hydrogen) atoms. The highest BCUT2D eigenvalue weighted by Crippen LogP contribution is 2.27. The first-order valence-corrected chi connectivity index (χ1v) is 7.11. The second kappa shape index (κ2) is 5.25.